The van der Waals surface area contributed by atoms with Crippen LogP contribution in [-0.2, 0) is 9.53 Å². The molecule has 0 aliphatic heterocycles. The van der Waals surface area contributed by atoms with Gasteiger partial charge in [-0.3, -0.25) is 0 Å². The van der Waals surface area contributed by atoms with Crippen molar-refractivity contribution in [2.24, 2.45) is 0 Å². The Morgan fingerprint density at radius 3 is 2.64 bits per heavy atom. The lowest BCUT2D eigenvalue weighted by atomic mass is 10.2. The van der Waals surface area contributed by atoms with Crippen molar-refractivity contribution in [1.29, 1.82) is 0 Å². The predicted molar refractivity (Wildman–Crippen MR) is 51.3 cm³/mol. The molecule has 0 amide bonds. The molecule has 3 nitrogen and oxygen atoms in total. The largest absolute Gasteiger partial charge is 0.466 e. The average Bonchev–Trinajstić information content (AvgIpc) is 2.26. The second-order valence-electron chi connectivity index (χ2n) is 2.56. The molecule has 14 heavy (non-hydrogen) atoms. The van der Waals surface area contributed by atoms with Gasteiger partial charge in [-0.05, 0) is 12.1 Å². The number of aliphatic hydroxyl groups excluding tert-OH is 1. The van der Waals surface area contributed by atoms with Crippen molar-refractivity contribution >= 4 is 5.97 Å². The number of carbonyl (C=O) groups excluding carboxylic acids is 1. The Kier molecular flexibility index (Phi) is 3.71. The third-order valence-corrected chi connectivity index (χ3v) is 1.55. The van der Waals surface area contributed by atoms with E-state index in [0.29, 0.717) is 0 Å². The van der Waals surface area contributed by atoms with Crippen LogP contribution in [0.1, 0.15) is 5.56 Å². The number of esters is 1. The number of aliphatic hydroxyl groups is 1. The van der Waals surface area contributed by atoms with E-state index in [-0.39, 0.29) is 0 Å². The van der Waals surface area contributed by atoms with Gasteiger partial charge in [-0.25, -0.2) is 4.79 Å². The summed E-state index contributed by atoms with van der Waals surface area (Å²) in [5, 5.41) is 9.13. The van der Waals surface area contributed by atoms with E-state index in [1.165, 1.54) is 7.11 Å². The van der Waals surface area contributed by atoms with Crippen LogP contribution in [0.5, 0.6) is 0 Å². The molecule has 0 fully saturated rings. The van der Waals surface area contributed by atoms with E-state index in [1.807, 2.05) is 18.2 Å². The fourth-order valence-corrected chi connectivity index (χ4v) is 0.844. The molecule has 1 aromatic rings. The predicted octanol–water partition coefficient (Wildman–Crippen LogP) is 0.572. The maximum Gasteiger partial charge on any atom is 0.347 e. The summed E-state index contributed by atoms with van der Waals surface area (Å²) in [6.45, 7) is 0. The third kappa shape index (κ3) is 2.92. The summed E-state index contributed by atoms with van der Waals surface area (Å²) < 4.78 is 4.31. The molecule has 0 unspecified atom stereocenters. The topological polar surface area (TPSA) is 46.5 Å². The fourth-order valence-electron chi connectivity index (χ4n) is 0.844. The Labute approximate surface area is 82.3 Å². The number of rotatable bonds is 1. The lowest BCUT2D eigenvalue weighted by molar-refractivity contribution is -0.147. The highest BCUT2D eigenvalue weighted by Gasteiger charge is 2.10. The van der Waals surface area contributed by atoms with Crippen molar-refractivity contribution in [3.63, 3.8) is 0 Å². The quantitative estimate of drug-likeness (QED) is 0.520. The van der Waals surface area contributed by atoms with Crippen LogP contribution < -0.4 is 0 Å². The van der Waals surface area contributed by atoms with Gasteiger partial charge in [-0.2, -0.15) is 0 Å². The first kappa shape index (κ1) is 10.3. The number of benzene rings is 1. The Bertz CT molecular complexity index is 359. The lowest BCUT2D eigenvalue weighted by Crippen LogP contribution is -2.19. The molecule has 0 aliphatic rings. The van der Waals surface area contributed by atoms with Gasteiger partial charge in [0.1, 0.15) is 0 Å². The highest BCUT2D eigenvalue weighted by molar-refractivity contribution is 5.78. The molecule has 0 saturated heterocycles. The summed E-state index contributed by atoms with van der Waals surface area (Å²) >= 11 is 0. The van der Waals surface area contributed by atoms with Crippen molar-refractivity contribution in [2.45, 2.75) is 6.10 Å². The molecule has 0 radical (unpaired) electrons. The van der Waals surface area contributed by atoms with Crippen molar-refractivity contribution in [3.05, 3.63) is 35.9 Å². The molecule has 0 aliphatic carbocycles. The second kappa shape index (κ2) is 5.05. The first-order valence-electron chi connectivity index (χ1n) is 4.06. The van der Waals surface area contributed by atoms with Crippen LogP contribution in [0.25, 0.3) is 0 Å². The van der Waals surface area contributed by atoms with E-state index in [0.717, 1.165) is 5.56 Å². The van der Waals surface area contributed by atoms with Crippen molar-refractivity contribution < 1.29 is 14.6 Å². The first-order chi connectivity index (χ1) is 6.74. The highest BCUT2D eigenvalue weighted by Crippen LogP contribution is 1.95. The molecule has 0 saturated carbocycles. The number of carbonyl (C=O) groups is 1. The Morgan fingerprint density at radius 2 is 2.07 bits per heavy atom. The van der Waals surface area contributed by atoms with E-state index in [4.69, 9.17) is 5.11 Å². The summed E-state index contributed by atoms with van der Waals surface area (Å²) in [5.41, 5.74) is 0.746. The molecule has 0 bridgehead atoms. The molecule has 0 spiro atoms. The Hall–Kier alpha value is -1.79. The summed E-state index contributed by atoms with van der Waals surface area (Å²) in [6.07, 6.45) is -1.37. The summed E-state index contributed by atoms with van der Waals surface area (Å²) in [5.74, 6) is 4.30. The van der Waals surface area contributed by atoms with Crippen LogP contribution in [0, 0.1) is 11.8 Å². The zero-order valence-corrected chi connectivity index (χ0v) is 7.73. The van der Waals surface area contributed by atoms with Gasteiger partial charge < -0.3 is 9.84 Å². The number of ether oxygens (including phenoxy) is 1. The highest BCUT2D eigenvalue weighted by atomic mass is 16.5. The standard InChI is InChI=1S/C11H10O3/c1-14-11(13)10(12)8-7-9-5-3-2-4-6-9/h2-6,10,12H,1H3/t10-/m0/s1. The molecular weight excluding hydrogens is 180 g/mol. The van der Waals surface area contributed by atoms with Crippen LogP contribution >= 0.6 is 0 Å². The van der Waals surface area contributed by atoms with E-state index in [1.54, 1.807) is 12.1 Å². The van der Waals surface area contributed by atoms with Gasteiger partial charge >= 0.3 is 5.97 Å². The average molecular weight is 190 g/mol. The van der Waals surface area contributed by atoms with Gasteiger partial charge in [-0.1, -0.05) is 30.0 Å². The number of methoxy groups -OCH3 is 1. The molecule has 1 rings (SSSR count). The fraction of sp³-hybridized carbons (Fsp3) is 0.182. The molecule has 0 heterocycles. The molecule has 3 heteroatoms. The zero-order chi connectivity index (χ0) is 10.4. The molecule has 72 valence electrons. The molecule has 1 aromatic carbocycles. The Morgan fingerprint density at radius 1 is 1.43 bits per heavy atom. The van der Waals surface area contributed by atoms with Crippen LogP contribution in [0.4, 0.5) is 0 Å². The van der Waals surface area contributed by atoms with Gasteiger partial charge in [0.05, 0.1) is 7.11 Å². The normalized spacial score (nSPS) is 11.0. The van der Waals surface area contributed by atoms with Crippen molar-refractivity contribution in [1.82, 2.24) is 0 Å². The molecule has 0 aromatic heterocycles. The molecule has 1 N–H and O–H groups in total. The zero-order valence-electron chi connectivity index (χ0n) is 7.73. The van der Waals surface area contributed by atoms with Gasteiger partial charge in [0, 0.05) is 5.56 Å². The van der Waals surface area contributed by atoms with Gasteiger partial charge in [0.2, 0.25) is 6.10 Å². The van der Waals surface area contributed by atoms with E-state index < -0.39 is 12.1 Å². The summed E-state index contributed by atoms with van der Waals surface area (Å²) in [4.78, 5) is 10.8. The molecular formula is C11H10O3. The van der Waals surface area contributed by atoms with E-state index in [9.17, 15) is 4.79 Å². The monoisotopic (exact) mass is 190 g/mol. The molecule has 1 atom stereocenters. The second-order valence-corrected chi connectivity index (χ2v) is 2.56. The summed E-state index contributed by atoms with van der Waals surface area (Å²) in [6, 6.07) is 9.10. The van der Waals surface area contributed by atoms with Crippen molar-refractivity contribution in [2.75, 3.05) is 7.11 Å². The maximum absolute atomic E-state index is 10.8. The maximum atomic E-state index is 10.8. The van der Waals surface area contributed by atoms with Gasteiger partial charge in [0.25, 0.3) is 0 Å². The van der Waals surface area contributed by atoms with Gasteiger partial charge in [-0.15, -0.1) is 0 Å². The van der Waals surface area contributed by atoms with Crippen LogP contribution in [0.15, 0.2) is 30.3 Å². The van der Waals surface area contributed by atoms with Crippen LogP contribution in [0.3, 0.4) is 0 Å². The smallest absolute Gasteiger partial charge is 0.347 e. The van der Waals surface area contributed by atoms with Crippen LogP contribution in [0.2, 0.25) is 0 Å². The Balaban J connectivity index is 2.69. The van der Waals surface area contributed by atoms with Crippen LogP contribution in [-0.4, -0.2) is 24.3 Å². The van der Waals surface area contributed by atoms with Crippen molar-refractivity contribution in [3.8, 4) is 11.8 Å². The first-order valence-corrected chi connectivity index (χ1v) is 4.06. The number of hydrogen-bond donors (Lipinski definition) is 1. The number of hydrogen-bond acceptors (Lipinski definition) is 3. The minimum absolute atomic E-state index is 0.742. The lowest BCUT2D eigenvalue weighted by Gasteiger charge is -1.98. The van der Waals surface area contributed by atoms with Gasteiger partial charge in [0.15, 0.2) is 0 Å². The third-order valence-electron chi connectivity index (χ3n) is 1.55. The minimum atomic E-state index is -1.37. The van der Waals surface area contributed by atoms with E-state index >= 15 is 0 Å². The van der Waals surface area contributed by atoms with E-state index in [2.05, 4.69) is 16.6 Å². The minimum Gasteiger partial charge on any atom is -0.466 e. The summed E-state index contributed by atoms with van der Waals surface area (Å²) in [7, 11) is 1.20. The SMILES string of the molecule is COC(=O)[C@@H](O)C#Cc1ccccc1.